The number of oxime groups is 1. The van der Waals surface area contributed by atoms with Gasteiger partial charge >= 0.3 is 5.97 Å². The Morgan fingerprint density at radius 2 is 2.23 bits per heavy atom. The Morgan fingerprint density at radius 3 is 2.92 bits per heavy atom. The number of nitrogens with one attached hydrogen (secondary N) is 2. The van der Waals surface area contributed by atoms with Crippen LogP contribution in [-0.2, 0) is 25.8 Å². The average molecular weight is 587 g/mol. The summed E-state index contributed by atoms with van der Waals surface area (Å²) in [5.41, 5.74) is 7.28. The van der Waals surface area contributed by atoms with Crippen LogP contribution in [0, 0.1) is 0 Å². The first-order valence-corrected chi connectivity index (χ1v) is 14.4. The Morgan fingerprint density at radius 1 is 1.41 bits per heavy atom. The number of carboxylic acids is 1. The number of pyridine rings is 1. The van der Waals surface area contributed by atoms with E-state index in [-0.39, 0.29) is 22.2 Å². The number of hydrogen-bond acceptors (Lipinski definition) is 11. The van der Waals surface area contributed by atoms with Crippen molar-refractivity contribution in [2.45, 2.75) is 18.0 Å². The third-order valence-electron chi connectivity index (χ3n) is 6.10. The summed E-state index contributed by atoms with van der Waals surface area (Å²) in [4.78, 5) is 49.5. The molecule has 1 saturated heterocycles. The topological polar surface area (TPSA) is 163 Å². The van der Waals surface area contributed by atoms with E-state index in [0.29, 0.717) is 24.4 Å². The van der Waals surface area contributed by atoms with Crippen LogP contribution in [0.4, 0.5) is 10.8 Å². The number of aliphatic carboxylic acids is 1. The third kappa shape index (κ3) is 4.95. The van der Waals surface area contributed by atoms with Gasteiger partial charge < -0.3 is 26.3 Å². The number of carboxylic acid groups (broad SMARTS) is 1. The molecule has 0 bridgehead atoms. The molecule has 0 spiro atoms. The van der Waals surface area contributed by atoms with Crippen LogP contribution in [0.2, 0.25) is 0 Å². The first-order chi connectivity index (χ1) is 18.8. The van der Waals surface area contributed by atoms with E-state index < -0.39 is 29.2 Å². The molecule has 5 N–H and O–H groups in total. The number of nitrogen functional groups attached to an aromatic ring is 1. The van der Waals surface area contributed by atoms with Crippen LogP contribution in [0.3, 0.4) is 0 Å². The van der Waals surface area contributed by atoms with Crippen LogP contribution >= 0.6 is 34.4 Å². The normalized spacial score (nSPS) is 18.9. The largest absolute Gasteiger partial charge is 0.477 e. The van der Waals surface area contributed by atoms with Gasteiger partial charge in [0, 0.05) is 34.7 Å². The molecule has 0 saturated carbocycles. The molecule has 0 aromatic carbocycles. The van der Waals surface area contributed by atoms with Crippen LogP contribution in [0.1, 0.15) is 5.69 Å². The van der Waals surface area contributed by atoms with Crippen molar-refractivity contribution in [1.29, 1.82) is 0 Å². The van der Waals surface area contributed by atoms with E-state index in [0.717, 1.165) is 27.2 Å². The maximum absolute atomic E-state index is 13.2. The summed E-state index contributed by atoms with van der Waals surface area (Å²) >= 11 is 4.07. The molecule has 15 heteroatoms. The van der Waals surface area contributed by atoms with E-state index in [2.05, 4.69) is 27.4 Å². The third-order valence-corrected chi connectivity index (χ3v) is 9.14. The number of amides is 2. The summed E-state index contributed by atoms with van der Waals surface area (Å²) in [7, 11) is 1.29. The predicted molar refractivity (Wildman–Crippen MR) is 150 cm³/mol. The van der Waals surface area contributed by atoms with Crippen LogP contribution < -0.4 is 20.9 Å². The number of β-lactam (4-membered cyclic amide) rings is 1. The molecule has 0 radical (unpaired) electrons. The number of anilines is 2. The minimum atomic E-state index is -1.19. The summed E-state index contributed by atoms with van der Waals surface area (Å²) in [6.07, 6.45) is 3.67. The summed E-state index contributed by atoms with van der Waals surface area (Å²) < 4.78 is 1.98. The van der Waals surface area contributed by atoms with Crippen molar-refractivity contribution in [1.82, 2.24) is 15.2 Å². The molecule has 2 atom stereocenters. The van der Waals surface area contributed by atoms with Gasteiger partial charge in [-0.05, 0) is 6.07 Å². The number of hydrogen-bond donors (Lipinski definition) is 4. The molecule has 3 aromatic heterocycles. The zero-order valence-corrected chi connectivity index (χ0v) is 23.1. The Balaban J connectivity index is 1.37. The number of carbonyl (C=O) groups excluding carboxylic acids is 2. The molecule has 3 aromatic rings. The minimum Gasteiger partial charge on any atom is -0.477 e. The monoisotopic (exact) mass is 586 g/mol. The van der Waals surface area contributed by atoms with Gasteiger partial charge in [0.05, 0.1) is 11.1 Å². The second-order valence-corrected chi connectivity index (χ2v) is 11.3. The Kier molecular flexibility index (Phi) is 7.54. The SMILES string of the molecule is C=CCNc1csc2c1ccc[n+]2CC1=C(C(=O)O)N2C(=O)C(NC(=O)/C(=N\OC)c3csc(N)n3)[C@H]2SC1. The number of thioether (sulfide) groups is 1. The Labute approximate surface area is 234 Å². The molecule has 12 nitrogen and oxygen atoms in total. The smallest absolute Gasteiger partial charge is 0.352 e. The second kappa shape index (κ2) is 11.0. The van der Waals surface area contributed by atoms with Gasteiger partial charge in [-0.25, -0.2) is 9.78 Å². The van der Waals surface area contributed by atoms with Gasteiger partial charge in [-0.2, -0.15) is 4.57 Å². The highest BCUT2D eigenvalue weighted by Crippen LogP contribution is 2.40. The maximum atomic E-state index is 13.2. The van der Waals surface area contributed by atoms with Crippen molar-refractivity contribution < 1.29 is 28.9 Å². The summed E-state index contributed by atoms with van der Waals surface area (Å²) in [6.45, 7) is 4.66. The number of thiazole rings is 1. The molecular weight excluding hydrogens is 563 g/mol. The summed E-state index contributed by atoms with van der Waals surface area (Å²) in [5.74, 6) is -2.01. The zero-order chi connectivity index (χ0) is 27.7. The highest BCUT2D eigenvalue weighted by Gasteiger charge is 2.55. The fraction of sp³-hybridized carbons (Fsp3) is 0.250. The lowest BCUT2D eigenvalue weighted by molar-refractivity contribution is -0.661. The van der Waals surface area contributed by atoms with Gasteiger partial charge in [0.25, 0.3) is 16.6 Å². The molecular formula is C24H24N7O5S3+. The first kappa shape index (κ1) is 26.6. The molecule has 5 heterocycles. The predicted octanol–water partition coefficient (Wildman–Crippen LogP) is 1.61. The molecule has 1 unspecified atom stereocenters. The molecule has 2 amide bonds. The number of nitrogens with two attached hydrogens (primary N) is 1. The first-order valence-electron chi connectivity index (χ1n) is 11.6. The van der Waals surface area contributed by atoms with Gasteiger partial charge in [0.2, 0.25) is 0 Å². The van der Waals surface area contributed by atoms with Crippen molar-refractivity contribution >= 4 is 79.0 Å². The lowest BCUT2D eigenvalue weighted by Gasteiger charge is -2.49. The highest BCUT2D eigenvalue weighted by molar-refractivity contribution is 8.00. The zero-order valence-electron chi connectivity index (χ0n) is 20.6. The molecule has 2 aliphatic heterocycles. The molecule has 5 rings (SSSR count). The van der Waals surface area contributed by atoms with Crippen molar-refractivity contribution in [3.8, 4) is 0 Å². The van der Waals surface area contributed by atoms with Gasteiger partial charge in [0.1, 0.15) is 29.9 Å². The van der Waals surface area contributed by atoms with Gasteiger partial charge in [-0.1, -0.05) is 22.6 Å². The van der Waals surface area contributed by atoms with Gasteiger partial charge in [0.15, 0.2) is 23.6 Å². The highest BCUT2D eigenvalue weighted by atomic mass is 32.2. The lowest BCUT2D eigenvalue weighted by Crippen LogP contribution is -2.71. The van der Waals surface area contributed by atoms with Crippen molar-refractivity contribution in [2.24, 2.45) is 5.16 Å². The maximum Gasteiger partial charge on any atom is 0.352 e. The van der Waals surface area contributed by atoms with Gasteiger partial charge in [-0.15, -0.1) is 29.7 Å². The fourth-order valence-corrected chi connectivity index (χ4v) is 7.30. The number of nitrogens with zero attached hydrogens (tertiary/aromatic N) is 4. The standard InChI is InChI=1S/C24H23N7O5S3/c1-3-6-26-14-10-38-21-13(14)5-4-7-30(21)8-12-9-37-22-17(20(33)31(22)18(12)23(34)35)28-19(32)16(29-36-2)15-11-39-24(25)27-15/h3-5,7,10-11,17,22,26H,1,6,8-9H2,2H3,(H3-,25,27,28,32,34,35)/p+1/b29-16-/t17?,22-/m1/s1. The van der Waals surface area contributed by atoms with E-state index >= 15 is 0 Å². The number of thiophene rings is 1. The van der Waals surface area contributed by atoms with Crippen molar-refractivity contribution in [2.75, 3.05) is 30.5 Å². The number of aromatic nitrogens is 2. The van der Waals surface area contributed by atoms with E-state index in [1.54, 1.807) is 22.8 Å². The summed E-state index contributed by atoms with van der Waals surface area (Å²) in [6, 6.07) is 2.98. The number of carbonyl (C=O) groups is 3. The van der Waals surface area contributed by atoms with E-state index in [4.69, 9.17) is 10.6 Å². The fourth-order valence-electron chi connectivity index (χ4n) is 4.41. The van der Waals surface area contributed by atoms with Crippen LogP contribution in [0.25, 0.3) is 10.2 Å². The molecule has 39 heavy (non-hydrogen) atoms. The van der Waals surface area contributed by atoms with Crippen LogP contribution in [0.15, 0.2) is 58.2 Å². The van der Waals surface area contributed by atoms with Crippen LogP contribution in [-0.4, -0.2) is 69.3 Å². The Hall–Kier alpha value is -3.95. The average Bonchev–Trinajstić information content (AvgIpc) is 3.55. The minimum absolute atomic E-state index is 0.0571. The lowest BCUT2D eigenvalue weighted by atomic mass is 10.0. The van der Waals surface area contributed by atoms with E-state index in [1.807, 2.05) is 28.3 Å². The van der Waals surface area contributed by atoms with E-state index in [1.165, 1.54) is 23.8 Å². The number of fused-ring (bicyclic) bond motifs is 2. The van der Waals surface area contributed by atoms with E-state index in [9.17, 15) is 19.5 Å². The number of rotatable bonds is 10. The quantitative estimate of drug-likeness (QED) is 0.0909. The summed E-state index contributed by atoms with van der Waals surface area (Å²) in [5, 5.41) is 24.0. The molecule has 0 aliphatic carbocycles. The molecule has 2 aliphatic rings. The van der Waals surface area contributed by atoms with Crippen molar-refractivity contribution in [3.63, 3.8) is 0 Å². The van der Waals surface area contributed by atoms with Gasteiger partial charge in [-0.3, -0.25) is 14.5 Å². The Bertz CT molecular complexity index is 1550. The second-order valence-electron chi connectivity index (χ2n) is 8.49. The van der Waals surface area contributed by atoms with Crippen molar-refractivity contribution in [3.05, 3.63) is 58.7 Å². The molecule has 202 valence electrons. The molecule has 1 fully saturated rings. The van der Waals surface area contributed by atoms with Crippen LogP contribution in [0.5, 0.6) is 0 Å².